The zero-order valence-electron chi connectivity index (χ0n) is 15.6. The van der Waals surface area contributed by atoms with Crippen LogP contribution in [-0.4, -0.2) is 27.8 Å². The fraction of sp³-hybridized carbons (Fsp3) is 0.136. The summed E-state index contributed by atoms with van der Waals surface area (Å²) < 4.78 is 5.74. The van der Waals surface area contributed by atoms with Crippen molar-refractivity contribution >= 4 is 5.91 Å². The number of allylic oxidation sites excluding steroid dienone is 4. The number of ether oxygens (including phenoxy) is 1. The van der Waals surface area contributed by atoms with E-state index in [1.54, 1.807) is 12.2 Å². The van der Waals surface area contributed by atoms with E-state index in [9.17, 15) is 20.1 Å². The number of carbonyl (C=O) groups excluding carboxylic acids is 1. The van der Waals surface area contributed by atoms with Gasteiger partial charge in [0.1, 0.15) is 34.3 Å². The lowest BCUT2D eigenvalue weighted by molar-refractivity contribution is 0.0948. The first-order valence-corrected chi connectivity index (χ1v) is 8.70. The Morgan fingerprint density at radius 1 is 1.14 bits per heavy atom. The lowest BCUT2D eigenvalue weighted by Gasteiger charge is -2.10. The minimum absolute atomic E-state index is 0.271. The average Bonchev–Trinajstić information content (AvgIpc) is 2.63. The normalized spacial score (nSPS) is 11.4. The highest BCUT2D eigenvalue weighted by Gasteiger charge is 2.17. The minimum atomic E-state index is -0.625. The Balaban J connectivity index is 1.92. The molecule has 2 rings (SSSR count). The van der Waals surface area contributed by atoms with E-state index in [4.69, 9.17) is 4.74 Å². The van der Waals surface area contributed by atoms with Gasteiger partial charge in [-0.05, 0) is 43.2 Å². The molecule has 0 aliphatic heterocycles. The maximum atomic E-state index is 12.1. The fourth-order valence-electron chi connectivity index (χ4n) is 2.50. The van der Waals surface area contributed by atoms with Crippen molar-refractivity contribution in [1.82, 2.24) is 5.32 Å². The van der Waals surface area contributed by atoms with Crippen LogP contribution in [0.4, 0.5) is 0 Å². The summed E-state index contributed by atoms with van der Waals surface area (Å²) in [4.78, 5) is 12.1. The van der Waals surface area contributed by atoms with E-state index in [0.717, 1.165) is 17.7 Å². The SMILES string of the molecule is C=C/C=C(\C=C/C)Oc1ccc(CCNC(=O)c2c(O)cc(O)cc2O)cc1. The van der Waals surface area contributed by atoms with Gasteiger partial charge >= 0.3 is 0 Å². The number of amides is 1. The van der Waals surface area contributed by atoms with Crippen molar-refractivity contribution in [2.45, 2.75) is 13.3 Å². The van der Waals surface area contributed by atoms with Gasteiger partial charge in [0.05, 0.1) is 0 Å². The lowest BCUT2D eigenvalue weighted by Crippen LogP contribution is -2.25. The van der Waals surface area contributed by atoms with Gasteiger partial charge in [0, 0.05) is 18.7 Å². The second kappa shape index (κ2) is 9.87. The average molecular weight is 381 g/mol. The molecule has 6 nitrogen and oxygen atoms in total. The number of aromatic hydroxyl groups is 3. The number of carbonyl (C=O) groups is 1. The molecule has 0 saturated carbocycles. The highest BCUT2D eigenvalue weighted by Crippen LogP contribution is 2.31. The fourth-order valence-corrected chi connectivity index (χ4v) is 2.50. The molecule has 0 atom stereocenters. The Morgan fingerprint density at radius 2 is 1.79 bits per heavy atom. The molecule has 6 heteroatoms. The van der Waals surface area contributed by atoms with Crippen molar-refractivity contribution in [2.24, 2.45) is 0 Å². The van der Waals surface area contributed by atoms with E-state index in [2.05, 4.69) is 11.9 Å². The third-order valence-electron chi connectivity index (χ3n) is 3.78. The third kappa shape index (κ3) is 5.67. The van der Waals surface area contributed by atoms with Crippen LogP contribution < -0.4 is 10.1 Å². The van der Waals surface area contributed by atoms with Crippen LogP contribution >= 0.6 is 0 Å². The smallest absolute Gasteiger partial charge is 0.258 e. The molecule has 0 aliphatic rings. The highest BCUT2D eigenvalue weighted by molar-refractivity contribution is 5.99. The van der Waals surface area contributed by atoms with E-state index in [1.165, 1.54) is 0 Å². The molecule has 0 unspecified atom stereocenters. The Kier molecular flexibility index (Phi) is 7.28. The first-order valence-electron chi connectivity index (χ1n) is 8.70. The first-order chi connectivity index (χ1) is 13.4. The number of phenols is 3. The van der Waals surface area contributed by atoms with Crippen molar-refractivity contribution in [3.8, 4) is 23.0 Å². The largest absolute Gasteiger partial charge is 0.508 e. The lowest BCUT2D eigenvalue weighted by atomic mass is 10.1. The summed E-state index contributed by atoms with van der Waals surface area (Å²) in [7, 11) is 0. The molecule has 0 fully saturated rings. The summed E-state index contributed by atoms with van der Waals surface area (Å²) in [5.41, 5.74) is 0.708. The quantitative estimate of drug-likeness (QED) is 0.412. The van der Waals surface area contributed by atoms with Gasteiger partial charge in [-0.1, -0.05) is 30.9 Å². The number of hydrogen-bond acceptors (Lipinski definition) is 5. The van der Waals surface area contributed by atoms with Crippen LogP contribution in [0.5, 0.6) is 23.0 Å². The van der Waals surface area contributed by atoms with Crippen LogP contribution in [-0.2, 0) is 6.42 Å². The van der Waals surface area contributed by atoms with Crippen LogP contribution in [0.25, 0.3) is 0 Å². The van der Waals surface area contributed by atoms with Crippen molar-refractivity contribution < 1.29 is 24.9 Å². The Hall–Kier alpha value is -3.67. The third-order valence-corrected chi connectivity index (χ3v) is 3.78. The summed E-state index contributed by atoms with van der Waals surface area (Å²) in [6.07, 6.45) is 7.67. The summed E-state index contributed by atoms with van der Waals surface area (Å²) in [6.45, 7) is 5.86. The zero-order chi connectivity index (χ0) is 20.5. The van der Waals surface area contributed by atoms with Crippen LogP contribution in [0.2, 0.25) is 0 Å². The molecule has 0 aromatic heterocycles. The summed E-state index contributed by atoms with van der Waals surface area (Å²) in [6, 6.07) is 9.42. The van der Waals surface area contributed by atoms with Gasteiger partial charge in [-0.3, -0.25) is 4.79 Å². The number of nitrogens with one attached hydrogen (secondary N) is 1. The highest BCUT2D eigenvalue weighted by atomic mass is 16.5. The molecule has 2 aromatic rings. The van der Waals surface area contributed by atoms with Crippen LogP contribution in [0.3, 0.4) is 0 Å². The van der Waals surface area contributed by atoms with Crippen molar-refractivity contribution in [2.75, 3.05) is 6.54 Å². The molecule has 1 amide bonds. The second-order valence-electron chi connectivity index (χ2n) is 5.92. The van der Waals surface area contributed by atoms with Crippen molar-refractivity contribution in [3.05, 3.63) is 84.2 Å². The molecule has 0 bridgehead atoms. The summed E-state index contributed by atoms with van der Waals surface area (Å²) in [5.74, 6) is -0.569. The molecule has 0 heterocycles. The molecular formula is C22H23NO5. The Bertz CT molecular complexity index is 875. The molecule has 0 saturated heterocycles. The van der Waals surface area contributed by atoms with Crippen LogP contribution in [0.15, 0.2) is 73.0 Å². The summed E-state index contributed by atoms with van der Waals surface area (Å²) >= 11 is 0. The molecule has 0 aliphatic carbocycles. The zero-order valence-corrected chi connectivity index (χ0v) is 15.6. The van der Waals surface area contributed by atoms with Crippen LogP contribution in [0, 0.1) is 0 Å². The molecule has 0 radical (unpaired) electrons. The van der Waals surface area contributed by atoms with Crippen molar-refractivity contribution in [3.63, 3.8) is 0 Å². The van der Waals surface area contributed by atoms with Gasteiger partial charge in [0.2, 0.25) is 0 Å². The minimum Gasteiger partial charge on any atom is -0.508 e. The maximum absolute atomic E-state index is 12.1. The van der Waals surface area contributed by atoms with E-state index >= 15 is 0 Å². The number of phenolic OH excluding ortho intramolecular Hbond substituents is 3. The standard InChI is InChI=1S/C22H23NO5/c1-3-5-17(6-4-2)28-18-9-7-15(8-10-18)11-12-23-22(27)21-19(25)13-16(24)14-20(21)26/h3-10,13-14,24-26H,1,11-12H2,2H3,(H,23,27)/b6-4-,17-5+. The molecule has 2 aromatic carbocycles. The predicted octanol–water partition coefficient (Wildman–Crippen LogP) is 3.80. The van der Waals surface area contributed by atoms with Gasteiger partial charge in [-0.25, -0.2) is 0 Å². The Labute approximate surface area is 163 Å². The number of hydrogen-bond donors (Lipinski definition) is 4. The van der Waals surface area contributed by atoms with Crippen LogP contribution in [0.1, 0.15) is 22.8 Å². The van der Waals surface area contributed by atoms with E-state index in [1.807, 2.05) is 43.3 Å². The van der Waals surface area contributed by atoms with Gasteiger partial charge in [-0.15, -0.1) is 0 Å². The number of rotatable bonds is 8. The van der Waals surface area contributed by atoms with E-state index < -0.39 is 17.4 Å². The van der Waals surface area contributed by atoms with Gasteiger partial charge in [0.25, 0.3) is 5.91 Å². The van der Waals surface area contributed by atoms with Gasteiger partial charge in [-0.2, -0.15) is 0 Å². The molecule has 146 valence electrons. The van der Waals surface area contributed by atoms with Gasteiger partial charge < -0.3 is 25.4 Å². The molecule has 0 spiro atoms. The second-order valence-corrected chi connectivity index (χ2v) is 5.92. The maximum Gasteiger partial charge on any atom is 0.258 e. The van der Waals surface area contributed by atoms with Gasteiger partial charge in [0.15, 0.2) is 0 Å². The summed E-state index contributed by atoms with van der Waals surface area (Å²) in [5, 5.41) is 31.4. The molecular weight excluding hydrogens is 358 g/mol. The molecule has 4 N–H and O–H groups in total. The predicted molar refractivity (Wildman–Crippen MR) is 108 cm³/mol. The number of benzene rings is 2. The first kappa shape index (κ1) is 20.6. The monoisotopic (exact) mass is 381 g/mol. The van der Waals surface area contributed by atoms with E-state index in [0.29, 0.717) is 24.5 Å². The topological polar surface area (TPSA) is 99.0 Å². The van der Waals surface area contributed by atoms with Crippen molar-refractivity contribution in [1.29, 1.82) is 0 Å². The van der Waals surface area contributed by atoms with E-state index in [-0.39, 0.29) is 11.3 Å². The molecule has 28 heavy (non-hydrogen) atoms. The Morgan fingerprint density at radius 3 is 2.36 bits per heavy atom.